The van der Waals surface area contributed by atoms with Gasteiger partial charge in [-0.1, -0.05) is 40.2 Å². The predicted octanol–water partition coefficient (Wildman–Crippen LogP) is 5.23. The Morgan fingerprint density at radius 2 is 1.69 bits per heavy atom. The van der Waals surface area contributed by atoms with Crippen LogP contribution in [0.15, 0.2) is 82.1 Å². The Balaban J connectivity index is 1.87. The van der Waals surface area contributed by atoms with Gasteiger partial charge >= 0.3 is 0 Å². The van der Waals surface area contributed by atoms with Crippen molar-refractivity contribution < 1.29 is 4.92 Å². The summed E-state index contributed by atoms with van der Waals surface area (Å²) in [7, 11) is 0. The first kappa shape index (κ1) is 18.8. The van der Waals surface area contributed by atoms with Gasteiger partial charge in [-0.25, -0.2) is 4.98 Å². The molecule has 0 aliphatic heterocycles. The van der Waals surface area contributed by atoms with Gasteiger partial charge < -0.3 is 0 Å². The molecular formula is C22H14BrN3O3. The highest BCUT2D eigenvalue weighted by Gasteiger charge is 2.11. The predicted molar refractivity (Wildman–Crippen MR) is 117 cm³/mol. The Hall–Kier alpha value is -3.58. The van der Waals surface area contributed by atoms with E-state index in [2.05, 4.69) is 20.9 Å². The van der Waals surface area contributed by atoms with Crippen molar-refractivity contribution in [3.05, 3.63) is 109 Å². The van der Waals surface area contributed by atoms with Crippen LogP contribution in [0, 0.1) is 10.1 Å². The molecule has 0 saturated carbocycles. The summed E-state index contributed by atoms with van der Waals surface area (Å²) >= 11 is 3.41. The summed E-state index contributed by atoms with van der Waals surface area (Å²) in [4.78, 5) is 28.3. The minimum absolute atomic E-state index is 0.0257. The third-order valence-electron chi connectivity index (χ3n) is 4.40. The molecule has 7 heteroatoms. The average molecular weight is 448 g/mol. The maximum atomic E-state index is 13.2. The second kappa shape index (κ2) is 7.81. The van der Waals surface area contributed by atoms with Crippen molar-refractivity contribution in [3.8, 4) is 5.69 Å². The number of hydrogen-bond donors (Lipinski definition) is 0. The van der Waals surface area contributed by atoms with Crippen LogP contribution in [-0.2, 0) is 0 Å². The Labute approximate surface area is 174 Å². The number of aromatic nitrogens is 2. The monoisotopic (exact) mass is 447 g/mol. The number of nitro groups is 1. The first-order valence-corrected chi connectivity index (χ1v) is 9.52. The highest BCUT2D eigenvalue weighted by Crippen LogP contribution is 2.19. The number of halogens is 1. The lowest BCUT2D eigenvalue weighted by molar-refractivity contribution is -0.384. The Kier molecular flexibility index (Phi) is 5.05. The minimum Gasteiger partial charge on any atom is -0.268 e. The van der Waals surface area contributed by atoms with Crippen LogP contribution in [-0.4, -0.2) is 14.5 Å². The minimum atomic E-state index is -0.441. The molecule has 4 aromatic rings. The zero-order chi connectivity index (χ0) is 20.4. The SMILES string of the molecule is O=c1c2cc(Br)ccc2nc(/C=C/c2ccc([N+](=O)[O-])cc2)n1-c1ccccc1. The highest BCUT2D eigenvalue weighted by molar-refractivity contribution is 9.10. The molecule has 0 atom stereocenters. The molecule has 0 N–H and O–H groups in total. The maximum absolute atomic E-state index is 13.2. The zero-order valence-electron chi connectivity index (χ0n) is 15.0. The van der Waals surface area contributed by atoms with Gasteiger partial charge in [0.15, 0.2) is 0 Å². The molecule has 0 amide bonds. The summed E-state index contributed by atoms with van der Waals surface area (Å²) < 4.78 is 2.36. The quantitative estimate of drug-likeness (QED) is 0.317. The normalized spacial score (nSPS) is 11.2. The number of nitro benzene ring substituents is 1. The van der Waals surface area contributed by atoms with Crippen molar-refractivity contribution in [1.29, 1.82) is 0 Å². The van der Waals surface area contributed by atoms with E-state index in [-0.39, 0.29) is 11.2 Å². The summed E-state index contributed by atoms with van der Waals surface area (Å²) in [5, 5.41) is 11.3. The third-order valence-corrected chi connectivity index (χ3v) is 4.89. The van der Waals surface area contributed by atoms with Crippen LogP contribution in [0.25, 0.3) is 28.7 Å². The lowest BCUT2D eigenvalue weighted by Gasteiger charge is -2.11. The molecule has 0 aliphatic carbocycles. The first-order valence-electron chi connectivity index (χ1n) is 8.73. The van der Waals surface area contributed by atoms with Crippen LogP contribution < -0.4 is 5.56 Å². The van der Waals surface area contributed by atoms with Crippen LogP contribution in [0.1, 0.15) is 11.4 Å². The summed E-state index contributed by atoms with van der Waals surface area (Å²) in [6.07, 6.45) is 3.51. The van der Waals surface area contributed by atoms with Crippen molar-refractivity contribution in [1.82, 2.24) is 9.55 Å². The summed E-state index contributed by atoms with van der Waals surface area (Å²) in [5.41, 5.74) is 1.91. The van der Waals surface area contributed by atoms with Crippen molar-refractivity contribution in [2.45, 2.75) is 0 Å². The molecule has 1 heterocycles. The van der Waals surface area contributed by atoms with Crippen molar-refractivity contribution in [2.24, 2.45) is 0 Å². The lowest BCUT2D eigenvalue weighted by atomic mass is 10.2. The zero-order valence-corrected chi connectivity index (χ0v) is 16.6. The average Bonchev–Trinajstić information content (AvgIpc) is 2.74. The van der Waals surface area contributed by atoms with E-state index in [0.29, 0.717) is 22.4 Å². The molecule has 142 valence electrons. The van der Waals surface area contributed by atoms with E-state index in [9.17, 15) is 14.9 Å². The molecule has 1 aromatic heterocycles. The molecule has 0 fully saturated rings. The third kappa shape index (κ3) is 3.86. The van der Waals surface area contributed by atoms with Gasteiger partial charge in [-0.2, -0.15) is 0 Å². The van der Waals surface area contributed by atoms with E-state index >= 15 is 0 Å². The van der Waals surface area contributed by atoms with E-state index in [1.54, 1.807) is 41.0 Å². The van der Waals surface area contributed by atoms with E-state index in [1.807, 2.05) is 36.4 Å². The molecule has 6 nitrogen and oxygen atoms in total. The van der Waals surface area contributed by atoms with Crippen molar-refractivity contribution >= 4 is 44.7 Å². The van der Waals surface area contributed by atoms with Crippen LogP contribution in [0.3, 0.4) is 0 Å². The Bertz CT molecular complexity index is 1300. The van der Waals surface area contributed by atoms with Gasteiger partial charge in [0.05, 0.1) is 21.5 Å². The molecule has 0 aliphatic rings. The Morgan fingerprint density at radius 1 is 0.966 bits per heavy atom. The van der Waals surface area contributed by atoms with E-state index < -0.39 is 4.92 Å². The van der Waals surface area contributed by atoms with Gasteiger partial charge in [0.25, 0.3) is 11.2 Å². The highest BCUT2D eigenvalue weighted by atomic mass is 79.9. The van der Waals surface area contributed by atoms with Crippen molar-refractivity contribution in [3.63, 3.8) is 0 Å². The summed E-state index contributed by atoms with van der Waals surface area (Å²) in [6.45, 7) is 0. The number of hydrogen-bond acceptors (Lipinski definition) is 4. The van der Waals surface area contributed by atoms with Gasteiger partial charge in [-0.3, -0.25) is 19.5 Å². The van der Waals surface area contributed by atoms with Gasteiger partial charge in [-0.15, -0.1) is 0 Å². The molecular weight excluding hydrogens is 434 g/mol. The Morgan fingerprint density at radius 3 is 2.38 bits per heavy atom. The molecule has 4 rings (SSSR count). The van der Waals surface area contributed by atoms with Crippen LogP contribution in [0.2, 0.25) is 0 Å². The van der Waals surface area contributed by atoms with E-state index in [1.165, 1.54) is 12.1 Å². The van der Waals surface area contributed by atoms with Gasteiger partial charge in [0, 0.05) is 16.6 Å². The van der Waals surface area contributed by atoms with Crippen molar-refractivity contribution in [2.75, 3.05) is 0 Å². The second-order valence-electron chi connectivity index (χ2n) is 6.29. The first-order chi connectivity index (χ1) is 14.0. The van der Waals surface area contributed by atoms with E-state index in [0.717, 1.165) is 10.0 Å². The standard InChI is InChI=1S/C22H14BrN3O3/c23-16-9-12-20-19(14-16)22(27)25(17-4-2-1-3-5-17)21(24-20)13-8-15-6-10-18(11-7-15)26(28)29/h1-14H/b13-8+. The second-order valence-corrected chi connectivity index (χ2v) is 7.21. The number of nitrogens with zero attached hydrogens (tertiary/aromatic N) is 3. The molecule has 0 spiro atoms. The molecule has 3 aromatic carbocycles. The van der Waals surface area contributed by atoms with Gasteiger partial charge in [0.1, 0.15) is 5.82 Å². The van der Waals surface area contributed by atoms with Gasteiger partial charge in [0.2, 0.25) is 0 Å². The smallest absolute Gasteiger partial charge is 0.268 e. The number of non-ortho nitro benzene ring substituents is 1. The molecule has 29 heavy (non-hydrogen) atoms. The van der Waals surface area contributed by atoms with Crippen LogP contribution in [0.5, 0.6) is 0 Å². The number of fused-ring (bicyclic) bond motifs is 1. The number of benzene rings is 3. The topological polar surface area (TPSA) is 78.0 Å². The fourth-order valence-corrected chi connectivity index (χ4v) is 3.35. The number of rotatable bonds is 4. The lowest BCUT2D eigenvalue weighted by Crippen LogP contribution is -2.22. The largest absolute Gasteiger partial charge is 0.269 e. The van der Waals surface area contributed by atoms with Crippen LogP contribution in [0.4, 0.5) is 5.69 Å². The van der Waals surface area contributed by atoms with Gasteiger partial charge in [-0.05, 0) is 54.1 Å². The molecule has 0 unspecified atom stereocenters. The van der Waals surface area contributed by atoms with E-state index in [4.69, 9.17) is 0 Å². The summed E-state index contributed by atoms with van der Waals surface area (Å²) in [5.74, 6) is 0.467. The fraction of sp³-hybridized carbons (Fsp3) is 0. The fourth-order valence-electron chi connectivity index (χ4n) is 2.99. The van der Waals surface area contributed by atoms with Crippen LogP contribution >= 0.6 is 15.9 Å². The summed E-state index contributed by atoms with van der Waals surface area (Å²) in [6, 6.07) is 20.9. The number of para-hydroxylation sites is 1. The molecule has 0 radical (unpaired) electrons. The maximum Gasteiger partial charge on any atom is 0.269 e. The molecule has 0 saturated heterocycles. The molecule has 0 bridgehead atoms.